The summed E-state index contributed by atoms with van der Waals surface area (Å²) in [5.74, 6) is -0.881. The van der Waals surface area contributed by atoms with Crippen molar-refractivity contribution in [2.75, 3.05) is 13.6 Å². The number of aliphatic carboxylic acids is 1. The third-order valence-electron chi connectivity index (χ3n) is 4.94. The first-order valence-electron chi connectivity index (χ1n) is 7.58. The van der Waals surface area contributed by atoms with Crippen molar-refractivity contribution in [3.8, 4) is 0 Å². The minimum atomic E-state index is -0.881. The molecular weight excluding hydrogens is 256 g/mol. The monoisotopic (exact) mass is 282 g/mol. The van der Waals surface area contributed by atoms with Crippen LogP contribution < -0.4 is 0 Å². The molecule has 0 aromatic carbocycles. The standard InChI is InChI=1S/C15H26N2O3/c1-15(2)8-6-11(7-9-15)16(3)14(20)17-10-4-5-12(17)13(18)19/h11-12H,4-10H2,1-3H3,(H,18,19). The average Bonchev–Trinajstić information content (AvgIpc) is 2.86. The van der Waals surface area contributed by atoms with Gasteiger partial charge in [0.25, 0.3) is 0 Å². The normalized spacial score (nSPS) is 26.6. The number of carbonyl (C=O) groups excluding carboxylic acids is 1. The van der Waals surface area contributed by atoms with Crippen LogP contribution in [0, 0.1) is 5.41 Å². The molecule has 2 fully saturated rings. The summed E-state index contributed by atoms with van der Waals surface area (Å²) in [6, 6.07) is -0.491. The van der Waals surface area contributed by atoms with Crippen LogP contribution in [0.15, 0.2) is 0 Å². The molecule has 0 aromatic rings. The Morgan fingerprint density at radius 1 is 1.20 bits per heavy atom. The maximum absolute atomic E-state index is 12.5. The first-order chi connectivity index (χ1) is 9.32. The number of likely N-dealkylation sites (tertiary alicyclic amines) is 1. The van der Waals surface area contributed by atoms with E-state index in [4.69, 9.17) is 0 Å². The number of amides is 2. The molecule has 0 spiro atoms. The fraction of sp³-hybridized carbons (Fsp3) is 0.867. The summed E-state index contributed by atoms with van der Waals surface area (Å²) in [4.78, 5) is 27.0. The Hall–Kier alpha value is -1.26. The Kier molecular flexibility index (Phi) is 4.25. The van der Waals surface area contributed by atoms with Crippen LogP contribution in [0.2, 0.25) is 0 Å². The van der Waals surface area contributed by atoms with E-state index in [1.807, 2.05) is 7.05 Å². The highest BCUT2D eigenvalue weighted by Gasteiger charge is 2.38. The molecule has 5 nitrogen and oxygen atoms in total. The second kappa shape index (κ2) is 5.62. The summed E-state index contributed by atoms with van der Waals surface area (Å²) >= 11 is 0. The molecule has 1 heterocycles. The van der Waals surface area contributed by atoms with Crippen molar-refractivity contribution < 1.29 is 14.7 Å². The van der Waals surface area contributed by atoms with Gasteiger partial charge in [-0.05, 0) is 43.9 Å². The Bertz CT molecular complexity index is 385. The van der Waals surface area contributed by atoms with Crippen LogP contribution in [-0.4, -0.2) is 52.6 Å². The predicted molar refractivity (Wildman–Crippen MR) is 76.6 cm³/mol. The average molecular weight is 282 g/mol. The van der Waals surface area contributed by atoms with Crippen LogP contribution in [0.4, 0.5) is 4.79 Å². The number of carbonyl (C=O) groups is 2. The summed E-state index contributed by atoms with van der Waals surface area (Å²) < 4.78 is 0. The highest BCUT2D eigenvalue weighted by molar-refractivity contribution is 5.83. The molecule has 20 heavy (non-hydrogen) atoms. The summed E-state index contributed by atoms with van der Waals surface area (Å²) in [6.45, 7) is 5.11. The molecule has 2 aliphatic rings. The number of hydrogen-bond acceptors (Lipinski definition) is 2. The van der Waals surface area contributed by atoms with Crippen LogP contribution in [-0.2, 0) is 4.79 Å². The minimum absolute atomic E-state index is 0.111. The molecule has 1 atom stereocenters. The first kappa shape index (κ1) is 15.1. The summed E-state index contributed by atoms with van der Waals surface area (Å²) in [6.07, 6.45) is 5.64. The second-order valence-electron chi connectivity index (χ2n) is 6.98. The fourth-order valence-corrected chi connectivity index (χ4v) is 3.38. The molecule has 1 aliphatic carbocycles. The van der Waals surface area contributed by atoms with E-state index < -0.39 is 12.0 Å². The minimum Gasteiger partial charge on any atom is -0.480 e. The lowest BCUT2D eigenvalue weighted by Crippen LogP contribution is -2.50. The zero-order valence-electron chi connectivity index (χ0n) is 12.8. The number of hydrogen-bond donors (Lipinski definition) is 1. The van der Waals surface area contributed by atoms with Gasteiger partial charge in [-0.3, -0.25) is 0 Å². The van der Waals surface area contributed by atoms with Gasteiger partial charge in [0, 0.05) is 19.6 Å². The van der Waals surface area contributed by atoms with Crippen LogP contribution in [0.25, 0.3) is 0 Å². The molecule has 0 radical (unpaired) electrons. The van der Waals surface area contributed by atoms with Gasteiger partial charge in [0.1, 0.15) is 6.04 Å². The maximum Gasteiger partial charge on any atom is 0.326 e. The predicted octanol–water partition coefficient (Wildman–Crippen LogP) is 2.56. The van der Waals surface area contributed by atoms with Gasteiger partial charge in [0.15, 0.2) is 0 Å². The van der Waals surface area contributed by atoms with E-state index in [-0.39, 0.29) is 12.1 Å². The third-order valence-corrected chi connectivity index (χ3v) is 4.94. The van der Waals surface area contributed by atoms with Gasteiger partial charge in [-0.25, -0.2) is 9.59 Å². The Balaban J connectivity index is 1.97. The van der Waals surface area contributed by atoms with Crippen molar-refractivity contribution in [3.63, 3.8) is 0 Å². The van der Waals surface area contributed by atoms with Gasteiger partial charge in [-0.15, -0.1) is 0 Å². The molecular formula is C15H26N2O3. The van der Waals surface area contributed by atoms with Crippen LogP contribution in [0.5, 0.6) is 0 Å². The number of carboxylic acid groups (broad SMARTS) is 1. The lowest BCUT2D eigenvalue weighted by molar-refractivity contribution is -0.141. The fourth-order valence-electron chi connectivity index (χ4n) is 3.38. The Labute approximate surface area is 120 Å². The van der Waals surface area contributed by atoms with Gasteiger partial charge in [0.2, 0.25) is 0 Å². The maximum atomic E-state index is 12.5. The van der Waals surface area contributed by atoms with Crippen LogP contribution in [0.3, 0.4) is 0 Å². The van der Waals surface area contributed by atoms with Crippen LogP contribution in [0.1, 0.15) is 52.4 Å². The van der Waals surface area contributed by atoms with Gasteiger partial charge < -0.3 is 14.9 Å². The molecule has 0 bridgehead atoms. The van der Waals surface area contributed by atoms with Crippen LogP contribution >= 0.6 is 0 Å². The Morgan fingerprint density at radius 3 is 2.35 bits per heavy atom. The van der Waals surface area contributed by atoms with Crippen molar-refractivity contribution in [2.45, 2.75) is 64.5 Å². The summed E-state index contributed by atoms with van der Waals surface area (Å²) in [5.41, 5.74) is 0.373. The molecule has 1 N–H and O–H groups in total. The SMILES string of the molecule is CN(C(=O)N1CCCC1C(=O)O)C1CCC(C)(C)CC1. The summed E-state index contributed by atoms with van der Waals surface area (Å²) in [7, 11) is 1.82. The lowest BCUT2D eigenvalue weighted by atomic mass is 9.75. The smallest absolute Gasteiger partial charge is 0.326 e. The van der Waals surface area contributed by atoms with E-state index in [2.05, 4.69) is 13.8 Å². The quantitative estimate of drug-likeness (QED) is 0.846. The zero-order valence-corrected chi connectivity index (χ0v) is 12.8. The highest BCUT2D eigenvalue weighted by atomic mass is 16.4. The molecule has 0 aromatic heterocycles. The molecule has 2 amide bonds. The first-order valence-corrected chi connectivity index (χ1v) is 7.58. The summed E-state index contributed by atoms with van der Waals surface area (Å²) in [5, 5.41) is 9.18. The highest BCUT2D eigenvalue weighted by Crippen LogP contribution is 2.37. The van der Waals surface area contributed by atoms with Crippen molar-refractivity contribution in [2.24, 2.45) is 5.41 Å². The number of urea groups is 1. The lowest BCUT2D eigenvalue weighted by Gasteiger charge is -2.40. The largest absolute Gasteiger partial charge is 0.480 e. The van der Waals surface area contributed by atoms with Gasteiger partial charge in [-0.2, -0.15) is 0 Å². The van der Waals surface area contributed by atoms with Gasteiger partial charge in [-0.1, -0.05) is 13.8 Å². The Morgan fingerprint density at radius 2 is 1.80 bits per heavy atom. The molecule has 1 saturated heterocycles. The third kappa shape index (κ3) is 3.07. The van der Waals surface area contributed by atoms with E-state index in [0.717, 1.165) is 32.1 Å². The van der Waals surface area contributed by atoms with Crippen molar-refractivity contribution >= 4 is 12.0 Å². The zero-order chi connectivity index (χ0) is 14.9. The second-order valence-corrected chi connectivity index (χ2v) is 6.98. The van der Waals surface area contributed by atoms with E-state index in [1.165, 1.54) is 4.90 Å². The molecule has 1 saturated carbocycles. The van der Waals surface area contributed by atoms with Crippen molar-refractivity contribution in [3.05, 3.63) is 0 Å². The van der Waals surface area contributed by atoms with E-state index >= 15 is 0 Å². The van der Waals surface area contributed by atoms with Crippen molar-refractivity contribution in [1.29, 1.82) is 0 Å². The van der Waals surface area contributed by atoms with E-state index in [9.17, 15) is 14.7 Å². The molecule has 114 valence electrons. The number of nitrogens with zero attached hydrogens (tertiary/aromatic N) is 2. The van der Waals surface area contributed by atoms with Crippen molar-refractivity contribution in [1.82, 2.24) is 9.80 Å². The number of carboxylic acids is 1. The van der Waals surface area contributed by atoms with E-state index in [1.54, 1.807) is 4.90 Å². The molecule has 1 unspecified atom stereocenters. The van der Waals surface area contributed by atoms with Gasteiger partial charge in [0.05, 0.1) is 0 Å². The topological polar surface area (TPSA) is 60.9 Å². The molecule has 2 rings (SSSR count). The van der Waals surface area contributed by atoms with Gasteiger partial charge >= 0.3 is 12.0 Å². The number of rotatable bonds is 2. The molecule has 5 heteroatoms. The molecule has 1 aliphatic heterocycles. The van der Waals surface area contributed by atoms with E-state index in [0.29, 0.717) is 18.4 Å².